The van der Waals surface area contributed by atoms with Crippen molar-refractivity contribution in [1.82, 2.24) is 0 Å². The number of aryl methyl sites for hydroxylation is 1. The third-order valence-corrected chi connectivity index (χ3v) is 12.5. The van der Waals surface area contributed by atoms with Gasteiger partial charge in [0.25, 0.3) is 8.32 Å². The monoisotopic (exact) mass is 504 g/mol. The molecular formula is C30H36O3SSi. The van der Waals surface area contributed by atoms with E-state index in [2.05, 4.69) is 69.3 Å². The van der Waals surface area contributed by atoms with Crippen molar-refractivity contribution in [2.75, 3.05) is 13.2 Å². The first-order valence-electron chi connectivity index (χ1n) is 12.0. The Morgan fingerprint density at radius 3 is 1.94 bits per heavy atom. The fraction of sp³-hybridized carbons (Fsp3) is 0.267. The molecule has 0 aliphatic carbocycles. The fourth-order valence-corrected chi connectivity index (χ4v) is 10.1. The van der Waals surface area contributed by atoms with Crippen LogP contribution in [0.15, 0.2) is 113 Å². The van der Waals surface area contributed by atoms with Crippen LogP contribution >= 0.6 is 0 Å². The van der Waals surface area contributed by atoms with Gasteiger partial charge in [0.1, 0.15) is 0 Å². The van der Waals surface area contributed by atoms with Crippen LogP contribution in [0, 0.1) is 6.92 Å². The zero-order chi connectivity index (χ0) is 25.3. The third-order valence-electron chi connectivity index (χ3n) is 6.04. The minimum atomic E-state index is -2.61. The van der Waals surface area contributed by atoms with Crippen LogP contribution in [0.25, 0.3) is 0 Å². The summed E-state index contributed by atoms with van der Waals surface area (Å²) in [4.78, 5) is 1.42. The van der Waals surface area contributed by atoms with E-state index in [-0.39, 0.29) is 11.6 Å². The summed E-state index contributed by atoms with van der Waals surface area (Å²) in [7, 11) is -3.93. The van der Waals surface area contributed by atoms with Crippen LogP contribution in [-0.4, -0.2) is 30.8 Å². The molecule has 0 aromatic heterocycles. The lowest BCUT2D eigenvalue weighted by molar-refractivity contribution is 0.304. The van der Waals surface area contributed by atoms with Crippen LogP contribution in [0.2, 0.25) is 5.04 Å². The van der Waals surface area contributed by atoms with Crippen LogP contribution in [0.5, 0.6) is 0 Å². The predicted octanol–water partition coefficient (Wildman–Crippen LogP) is 5.50. The van der Waals surface area contributed by atoms with Gasteiger partial charge in [-0.2, -0.15) is 0 Å². The number of aliphatic hydroxyl groups is 1. The Balaban J connectivity index is 1.91. The minimum absolute atomic E-state index is 0.0935. The van der Waals surface area contributed by atoms with Crippen LogP contribution in [0.4, 0.5) is 0 Å². The molecule has 3 nitrogen and oxygen atoms in total. The lowest BCUT2D eigenvalue weighted by Crippen LogP contribution is -2.66. The molecule has 5 heteroatoms. The van der Waals surface area contributed by atoms with Crippen molar-refractivity contribution < 1.29 is 13.7 Å². The van der Waals surface area contributed by atoms with Crippen molar-refractivity contribution in [2.45, 2.75) is 44.0 Å². The zero-order valence-electron chi connectivity index (χ0n) is 21.1. The van der Waals surface area contributed by atoms with Gasteiger partial charge in [0, 0.05) is 16.4 Å². The van der Waals surface area contributed by atoms with Gasteiger partial charge in [-0.3, -0.25) is 0 Å². The van der Waals surface area contributed by atoms with Crippen molar-refractivity contribution >= 4 is 29.5 Å². The van der Waals surface area contributed by atoms with Crippen molar-refractivity contribution in [2.24, 2.45) is 0 Å². The molecule has 35 heavy (non-hydrogen) atoms. The van der Waals surface area contributed by atoms with E-state index in [1.54, 1.807) is 12.2 Å². The normalized spacial score (nSPS) is 13.8. The van der Waals surface area contributed by atoms with E-state index in [9.17, 15) is 9.32 Å². The number of hydrogen-bond acceptors (Lipinski definition) is 3. The summed E-state index contributed by atoms with van der Waals surface area (Å²) < 4.78 is 20.2. The molecule has 0 bridgehead atoms. The summed E-state index contributed by atoms with van der Waals surface area (Å²) in [5.74, 6) is 0. The molecule has 3 rings (SSSR count). The first kappa shape index (κ1) is 27.0. The average molecular weight is 505 g/mol. The fourth-order valence-electron chi connectivity index (χ4n) is 4.35. The second-order valence-corrected chi connectivity index (χ2v) is 15.4. The molecule has 184 valence electrons. The summed E-state index contributed by atoms with van der Waals surface area (Å²) in [5, 5.41) is 11.7. The van der Waals surface area contributed by atoms with Crippen LogP contribution < -0.4 is 10.4 Å². The van der Waals surface area contributed by atoms with Crippen molar-refractivity contribution in [1.29, 1.82) is 0 Å². The summed E-state index contributed by atoms with van der Waals surface area (Å²) in [6.45, 7) is 9.21. The van der Waals surface area contributed by atoms with Gasteiger partial charge in [-0.1, -0.05) is 111 Å². The Morgan fingerprint density at radius 2 is 1.46 bits per heavy atom. The maximum atomic E-state index is 13.2. The highest BCUT2D eigenvalue weighted by atomic mass is 32.2. The first-order valence-corrected chi connectivity index (χ1v) is 15.1. The molecule has 0 heterocycles. The molecule has 0 aliphatic heterocycles. The maximum absolute atomic E-state index is 13.2. The standard InChI is InChI=1S/C30H36O3SSi/c1-25-19-21-27(22-20-25)34(32)26(13-11-23-31)14-12-24-33-35(30(2,3)4,28-15-7-5-8-16-28)29-17-9-6-10-18-29/h5-11,13-22,31H,12,23-24H2,1-4H3/b13-11+,26-14+. The number of aliphatic hydroxyl groups excluding tert-OH is 1. The van der Waals surface area contributed by atoms with Gasteiger partial charge in [0.05, 0.1) is 17.4 Å². The highest BCUT2D eigenvalue weighted by molar-refractivity contribution is 7.89. The van der Waals surface area contributed by atoms with Crippen molar-refractivity contribution in [3.8, 4) is 0 Å². The van der Waals surface area contributed by atoms with Gasteiger partial charge in [-0.25, -0.2) is 4.21 Å². The molecule has 3 aromatic rings. The summed E-state index contributed by atoms with van der Waals surface area (Å²) in [6, 6.07) is 28.9. The molecular weight excluding hydrogens is 468 g/mol. The molecule has 0 saturated heterocycles. The predicted molar refractivity (Wildman–Crippen MR) is 150 cm³/mol. The van der Waals surface area contributed by atoms with E-state index < -0.39 is 19.1 Å². The SMILES string of the molecule is Cc1ccc(S(=O)C(/C=C/CO)=C/CCO[Si](c2ccccc2)(c2ccccc2)C(C)(C)C)cc1. The topological polar surface area (TPSA) is 46.5 Å². The Morgan fingerprint density at radius 1 is 0.914 bits per heavy atom. The van der Waals surface area contributed by atoms with Gasteiger partial charge < -0.3 is 9.53 Å². The van der Waals surface area contributed by atoms with E-state index >= 15 is 0 Å². The third kappa shape index (κ3) is 6.56. The summed E-state index contributed by atoms with van der Waals surface area (Å²) >= 11 is 0. The highest BCUT2D eigenvalue weighted by Gasteiger charge is 2.49. The number of hydrogen-bond donors (Lipinski definition) is 1. The molecule has 0 saturated carbocycles. The zero-order valence-corrected chi connectivity index (χ0v) is 22.9. The van der Waals surface area contributed by atoms with Gasteiger partial charge in [0.2, 0.25) is 0 Å². The first-order chi connectivity index (χ1) is 16.8. The number of benzene rings is 3. The maximum Gasteiger partial charge on any atom is 0.261 e. The molecule has 0 radical (unpaired) electrons. The molecule has 0 amide bonds. The van der Waals surface area contributed by atoms with Gasteiger partial charge in [0.15, 0.2) is 0 Å². The molecule has 0 fully saturated rings. The average Bonchev–Trinajstić information content (AvgIpc) is 2.86. The lowest BCUT2D eigenvalue weighted by atomic mass is 10.2. The second-order valence-electron chi connectivity index (χ2n) is 9.57. The molecule has 1 N–H and O–H groups in total. The van der Waals surface area contributed by atoms with Crippen LogP contribution in [-0.2, 0) is 15.2 Å². The van der Waals surface area contributed by atoms with E-state index in [0.717, 1.165) is 10.5 Å². The van der Waals surface area contributed by atoms with E-state index in [4.69, 9.17) is 4.43 Å². The Bertz CT molecular complexity index is 1110. The van der Waals surface area contributed by atoms with E-state index in [0.29, 0.717) is 17.9 Å². The van der Waals surface area contributed by atoms with Crippen LogP contribution in [0.1, 0.15) is 32.8 Å². The summed E-state index contributed by atoms with van der Waals surface area (Å²) in [6.07, 6.45) is 5.97. The van der Waals surface area contributed by atoms with Gasteiger partial charge >= 0.3 is 0 Å². The molecule has 0 aliphatic rings. The Labute approximate surface area is 213 Å². The second kappa shape index (κ2) is 12.4. The minimum Gasteiger partial charge on any atom is -0.407 e. The molecule has 1 unspecified atom stereocenters. The number of rotatable bonds is 10. The Hall–Kier alpha value is -2.57. The number of allylic oxidation sites excluding steroid dienone is 1. The highest BCUT2D eigenvalue weighted by Crippen LogP contribution is 2.36. The Kier molecular flexibility index (Phi) is 9.58. The lowest BCUT2D eigenvalue weighted by Gasteiger charge is -2.43. The van der Waals surface area contributed by atoms with E-state index in [1.807, 2.05) is 49.4 Å². The van der Waals surface area contributed by atoms with Gasteiger partial charge in [-0.15, -0.1) is 0 Å². The van der Waals surface area contributed by atoms with Gasteiger partial charge in [-0.05, 0) is 47.0 Å². The molecule has 0 spiro atoms. The van der Waals surface area contributed by atoms with E-state index in [1.165, 1.54) is 10.4 Å². The van der Waals surface area contributed by atoms with Crippen molar-refractivity contribution in [3.05, 3.63) is 114 Å². The molecule has 1 atom stereocenters. The smallest absolute Gasteiger partial charge is 0.261 e. The largest absolute Gasteiger partial charge is 0.407 e. The summed E-state index contributed by atoms with van der Waals surface area (Å²) in [5.41, 5.74) is 1.13. The molecule has 3 aromatic carbocycles. The van der Waals surface area contributed by atoms with Crippen molar-refractivity contribution in [3.63, 3.8) is 0 Å². The van der Waals surface area contributed by atoms with Crippen LogP contribution in [0.3, 0.4) is 0 Å². The quantitative estimate of drug-likeness (QED) is 0.225.